The molecule has 2 amide bonds. The summed E-state index contributed by atoms with van der Waals surface area (Å²) in [5, 5.41) is 10.6. The van der Waals surface area contributed by atoms with Crippen LogP contribution in [-0.2, 0) is 16.1 Å². The van der Waals surface area contributed by atoms with E-state index in [0.717, 1.165) is 5.56 Å². The van der Waals surface area contributed by atoms with Crippen molar-refractivity contribution < 1.29 is 24.2 Å². The highest BCUT2D eigenvalue weighted by molar-refractivity contribution is 5.73. The molecule has 0 saturated carbocycles. The van der Waals surface area contributed by atoms with E-state index in [9.17, 15) is 14.7 Å². The maximum atomic E-state index is 12.8. The summed E-state index contributed by atoms with van der Waals surface area (Å²) in [5.74, 6) is 0. The number of amides is 2. The molecule has 2 aliphatic rings. The third kappa shape index (κ3) is 4.09. The standard InChI is InChI=1S/C21H30N2O5/c1-15(24)21-11-10-17(23(21)19(26)28-20(2,3)4)12-22(14-21)18(25)27-13-16-8-6-5-7-9-16/h5-9,15,17,24H,10-14H2,1-4H3. The maximum Gasteiger partial charge on any atom is 0.411 e. The Bertz CT molecular complexity index is 715. The van der Waals surface area contributed by atoms with Gasteiger partial charge in [0.1, 0.15) is 12.2 Å². The van der Waals surface area contributed by atoms with E-state index in [1.54, 1.807) is 16.7 Å². The van der Waals surface area contributed by atoms with Crippen molar-refractivity contribution in [2.24, 2.45) is 0 Å². The number of likely N-dealkylation sites (tertiary alicyclic amines) is 1. The van der Waals surface area contributed by atoms with E-state index in [-0.39, 0.29) is 19.2 Å². The van der Waals surface area contributed by atoms with E-state index in [1.807, 2.05) is 51.1 Å². The summed E-state index contributed by atoms with van der Waals surface area (Å²) >= 11 is 0. The Hall–Kier alpha value is -2.28. The minimum Gasteiger partial charge on any atom is -0.445 e. The van der Waals surface area contributed by atoms with Crippen molar-refractivity contribution in [1.29, 1.82) is 0 Å². The number of aliphatic hydroxyl groups is 1. The molecule has 0 spiro atoms. The van der Waals surface area contributed by atoms with Crippen LogP contribution in [0, 0.1) is 0 Å². The first-order valence-electron chi connectivity index (χ1n) is 9.78. The molecule has 2 heterocycles. The lowest BCUT2D eigenvalue weighted by Crippen LogP contribution is -2.68. The minimum absolute atomic E-state index is 0.192. The van der Waals surface area contributed by atoms with E-state index >= 15 is 0 Å². The number of rotatable bonds is 3. The van der Waals surface area contributed by atoms with Gasteiger partial charge in [0.05, 0.1) is 24.2 Å². The van der Waals surface area contributed by atoms with E-state index in [0.29, 0.717) is 19.4 Å². The fraction of sp³-hybridized carbons (Fsp3) is 0.619. The third-order valence-corrected chi connectivity index (χ3v) is 5.48. The second-order valence-corrected chi connectivity index (χ2v) is 8.74. The summed E-state index contributed by atoms with van der Waals surface area (Å²) in [5.41, 5.74) is -0.560. The average molecular weight is 390 g/mol. The van der Waals surface area contributed by atoms with Crippen LogP contribution in [-0.4, -0.2) is 63.5 Å². The van der Waals surface area contributed by atoms with Crippen molar-refractivity contribution in [2.45, 2.75) is 70.4 Å². The van der Waals surface area contributed by atoms with E-state index in [2.05, 4.69) is 0 Å². The monoisotopic (exact) mass is 390 g/mol. The van der Waals surface area contributed by atoms with Crippen LogP contribution < -0.4 is 0 Å². The Morgan fingerprint density at radius 2 is 1.93 bits per heavy atom. The molecule has 0 aromatic heterocycles. The van der Waals surface area contributed by atoms with Crippen molar-refractivity contribution in [3.05, 3.63) is 35.9 Å². The Labute approximate surface area is 166 Å². The zero-order valence-electron chi connectivity index (χ0n) is 17.1. The second-order valence-electron chi connectivity index (χ2n) is 8.74. The molecule has 2 bridgehead atoms. The number of ether oxygens (including phenoxy) is 2. The largest absolute Gasteiger partial charge is 0.445 e. The minimum atomic E-state index is -0.850. The van der Waals surface area contributed by atoms with Crippen molar-refractivity contribution >= 4 is 12.2 Å². The highest BCUT2D eigenvalue weighted by atomic mass is 16.6. The first-order valence-corrected chi connectivity index (χ1v) is 9.78. The fourth-order valence-electron chi connectivity index (χ4n) is 4.14. The van der Waals surface area contributed by atoms with Crippen molar-refractivity contribution in [1.82, 2.24) is 9.80 Å². The number of hydrogen-bond acceptors (Lipinski definition) is 5. The lowest BCUT2D eigenvalue weighted by Gasteiger charge is -2.49. The third-order valence-electron chi connectivity index (χ3n) is 5.48. The van der Waals surface area contributed by atoms with Crippen LogP contribution in [0.3, 0.4) is 0 Å². The summed E-state index contributed by atoms with van der Waals surface area (Å²) in [6.45, 7) is 7.92. The highest BCUT2D eigenvalue weighted by Gasteiger charge is 2.58. The maximum absolute atomic E-state index is 12.8. The van der Waals surface area contributed by atoms with Gasteiger partial charge in [-0.05, 0) is 46.1 Å². The van der Waals surface area contributed by atoms with Crippen LogP contribution >= 0.6 is 0 Å². The number of nitrogens with zero attached hydrogens (tertiary/aromatic N) is 2. The van der Waals surface area contributed by atoms with Gasteiger partial charge in [0.2, 0.25) is 0 Å². The van der Waals surface area contributed by atoms with Crippen LogP contribution in [0.25, 0.3) is 0 Å². The van der Waals surface area contributed by atoms with Gasteiger partial charge in [0, 0.05) is 6.54 Å². The summed E-state index contributed by atoms with van der Waals surface area (Å²) < 4.78 is 11.0. The summed E-state index contributed by atoms with van der Waals surface area (Å²) in [7, 11) is 0. The predicted octanol–water partition coefficient (Wildman–Crippen LogP) is 3.16. The van der Waals surface area contributed by atoms with Gasteiger partial charge in [0.15, 0.2) is 0 Å². The molecule has 0 radical (unpaired) electrons. The molecular weight excluding hydrogens is 360 g/mol. The fourth-order valence-corrected chi connectivity index (χ4v) is 4.14. The number of benzene rings is 1. The molecular formula is C21H30N2O5. The Balaban J connectivity index is 1.72. The molecule has 7 heteroatoms. The molecule has 2 fully saturated rings. The van der Waals surface area contributed by atoms with Gasteiger partial charge in [-0.3, -0.25) is 4.90 Å². The van der Waals surface area contributed by atoms with Crippen molar-refractivity contribution in [3.8, 4) is 0 Å². The van der Waals surface area contributed by atoms with Gasteiger partial charge in [-0.2, -0.15) is 0 Å². The van der Waals surface area contributed by atoms with E-state index < -0.39 is 29.4 Å². The number of hydrogen-bond donors (Lipinski definition) is 1. The van der Waals surface area contributed by atoms with Crippen LogP contribution in [0.5, 0.6) is 0 Å². The summed E-state index contributed by atoms with van der Waals surface area (Å²) in [4.78, 5) is 28.7. The number of piperazine rings is 1. The highest BCUT2D eigenvalue weighted by Crippen LogP contribution is 2.42. The molecule has 0 aliphatic carbocycles. The van der Waals surface area contributed by atoms with Gasteiger partial charge >= 0.3 is 12.2 Å². The van der Waals surface area contributed by atoms with Gasteiger partial charge in [-0.15, -0.1) is 0 Å². The van der Waals surface area contributed by atoms with Crippen molar-refractivity contribution in [2.75, 3.05) is 13.1 Å². The molecule has 28 heavy (non-hydrogen) atoms. The van der Waals surface area contributed by atoms with E-state index in [4.69, 9.17) is 9.47 Å². The lowest BCUT2D eigenvalue weighted by atomic mass is 9.89. The van der Waals surface area contributed by atoms with Crippen LogP contribution in [0.4, 0.5) is 9.59 Å². The molecule has 3 atom stereocenters. The Morgan fingerprint density at radius 1 is 1.25 bits per heavy atom. The number of fused-ring (bicyclic) bond motifs is 2. The molecule has 1 aromatic carbocycles. The smallest absolute Gasteiger partial charge is 0.411 e. The topological polar surface area (TPSA) is 79.3 Å². The molecule has 154 valence electrons. The van der Waals surface area contributed by atoms with E-state index in [1.165, 1.54) is 0 Å². The van der Waals surface area contributed by atoms with Crippen LogP contribution in [0.15, 0.2) is 30.3 Å². The second kappa shape index (κ2) is 7.62. The number of aliphatic hydroxyl groups excluding tert-OH is 1. The van der Waals surface area contributed by atoms with Gasteiger partial charge in [-0.1, -0.05) is 30.3 Å². The first kappa shape index (κ1) is 20.5. The van der Waals surface area contributed by atoms with Gasteiger partial charge < -0.3 is 19.5 Å². The zero-order valence-corrected chi connectivity index (χ0v) is 17.1. The quantitative estimate of drug-likeness (QED) is 0.858. The van der Waals surface area contributed by atoms with Crippen molar-refractivity contribution in [3.63, 3.8) is 0 Å². The number of carbonyl (C=O) groups excluding carboxylic acids is 2. The number of carbonyl (C=O) groups is 2. The van der Waals surface area contributed by atoms with Crippen LogP contribution in [0.2, 0.25) is 0 Å². The molecule has 7 nitrogen and oxygen atoms in total. The lowest BCUT2D eigenvalue weighted by molar-refractivity contribution is -0.0719. The molecule has 3 unspecified atom stereocenters. The molecule has 1 aromatic rings. The molecule has 1 N–H and O–H groups in total. The SMILES string of the molecule is CC(O)C12CCC(CN(C(=O)OCc3ccccc3)C1)N2C(=O)OC(C)(C)C. The Morgan fingerprint density at radius 3 is 2.54 bits per heavy atom. The zero-order chi connectivity index (χ0) is 20.5. The van der Waals surface area contributed by atoms with Crippen LogP contribution in [0.1, 0.15) is 46.1 Å². The molecule has 3 rings (SSSR count). The summed E-state index contributed by atoms with van der Waals surface area (Å²) in [6.07, 6.45) is -0.323. The summed E-state index contributed by atoms with van der Waals surface area (Å²) in [6, 6.07) is 9.30. The molecule has 2 aliphatic heterocycles. The molecule has 2 saturated heterocycles. The van der Waals surface area contributed by atoms with Gasteiger partial charge in [0.25, 0.3) is 0 Å². The van der Waals surface area contributed by atoms with Gasteiger partial charge in [-0.25, -0.2) is 9.59 Å². The predicted molar refractivity (Wildman–Crippen MR) is 104 cm³/mol. The average Bonchev–Trinajstić information content (AvgIpc) is 2.87. The normalized spacial score (nSPS) is 25.4. The first-order chi connectivity index (χ1) is 13.1. The Kier molecular flexibility index (Phi) is 5.57.